The number of hydrogen-bond donors (Lipinski definition) is 0. The molecule has 0 saturated heterocycles. The molecule has 3 aromatic rings. The quantitative estimate of drug-likeness (QED) is 0.690. The van der Waals surface area contributed by atoms with Gasteiger partial charge in [-0.15, -0.1) is 0 Å². The Morgan fingerprint density at radius 3 is 2.95 bits per heavy atom. The highest BCUT2D eigenvalue weighted by Crippen LogP contribution is 2.20. The maximum absolute atomic E-state index is 8.83. The Morgan fingerprint density at radius 2 is 2.16 bits per heavy atom. The van der Waals surface area contributed by atoms with Gasteiger partial charge in [0.15, 0.2) is 0 Å². The van der Waals surface area contributed by atoms with E-state index in [0.717, 1.165) is 0 Å². The van der Waals surface area contributed by atoms with E-state index in [0.29, 0.717) is 28.5 Å². The minimum atomic E-state index is 0.310. The topological polar surface area (TPSA) is 88.5 Å². The zero-order chi connectivity index (χ0) is 13.1. The molecule has 0 fully saturated rings. The van der Waals surface area contributed by atoms with Crippen LogP contribution in [0.25, 0.3) is 23.0 Å². The highest BCUT2D eigenvalue weighted by atomic mass is 16.5. The van der Waals surface area contributed by atoms with Crippen molar-refractivity contribution in [2.45, 2.75) is 0 Å². The van der Waals surface area contributed by atoms with Crippen LogP contribution in [-0.2, 0) is 0 Å². The number of nitriles is 1. The molecule has 0 unspecified atom stereocenters. The Hall–Kier alpha value is -3.07. The van der Waals surface area contributed by atoms with Crippen LogP contribution in [0.15, 0.2) is 47.4 Å². The Labute approximate surface area is 108 Å². The first-order valence-electron chi connectivity index (χ1n) is 5.47. The van der Waals surface area contributed by atoms with Gasteiger partial charge in [-0.2, -0.15) is 10.2 Å². The molecule has 6 heteroatoms. The van der Waals surface area contributed by atoms with Crippen LogP contribution in [0.3, 0.4) is 0 Å². The summed E-state index contributed by atoms with van der Waals surface area (Å²) in [6.07, 6.45) is 4.69. The molecule has 3 aromatic heterocycles. The van der Waals surface area contributed by atoms with Crippen molar-refractivity contribution in [2.75, 3.05) is 0 Å². The number of aromatic nitrogens is 4. The van der Waals surface area contributed by atoms with Crippen molar-refractivity contribution < 1.29 is 4.52 Å². The van der Waals surface area contributed by atoms with Crippen molar-refractivity contribution in [2.24, 2.45) is 0 Å². The molecule has 0 bridgehead atoms. The smallest absolute Gasteiger partial charge is 0.259 e. The molecule has 0 aliphatic heterocycles. The van der Waals surface area contributed by atoms with Gasteiger partial charge in [0, 0.05) is 18.6 Å². The number of pyridine rings is 2. The van der Waals surface area contributed by atoms with Gasteiger partial charge < -0.3 is 4.52 Å². The third-order valence-electron chi connectivity index (χ3n) is 2.43. The Bertz CT molecular complexity index is 745. The molecular formula is C13H7N5O. The summed E-state index contributed by atoms with van der Waals surface area (Å²) in [7, 11) is 0. The summed E-state index contributed by atoms with van der Waals surface area (Å²) in [5.41, 5.74) is 1.67. The Morgan fingerprint density at radius 1 is 1.21 bits per heavy atom. The van der Waals surface area contributed by atoms with Crippen LogP contribution in [0.5, 0.6) is 0 Å². The summed E-state index contributed by atoms with van der Waals surface area (Å²) in [5, 5.41) is 12.7. The molecular weight excluding hydrogens is 242 g/mol. The normalized spacial score (nSPS) is 10.1. The lowest BCUT2D eigenvalue weighted by atomic mass is 10.2. The van der Waals surface area contributed by atoms with Crippen LogP contribution in [0.2, 0.25) is 0 Å². The fraction of sp³-hybridized carbons (Fsp3) is 0. The van der Waals surface area contributed by atoms with Crippen molar-refractivity contribution in [1.29, 1.82) is 5.26 Å². The predicted octanol–water partition coefficient (Wildman–Crippen LogP) is 2.07. The minimum Gasteiger partial charge on any atom is -0.333 e. The highest BCUT2D eigenvalue weighted by Gasteiger charge is 2.11. The third-order valence-corrected chi connectivity index (χ3v) is 2.43. The minimum absolute atomic E-state index is 0.310. The summed E-state index contributed by atoms with van der Waals surface area (Å²) < 4.78 is 5.15. The second-order valence-corrected chi connectivity index (χ2v) is 3.71. The van der Waals surface area contributed by atoms with Gasteiger partial charge >= 0.3 is 0 Å². The van der Waals surface area contributed by atoms with E-state index in [1.807, 2.05) is 18.2 Å². The molecule has 0 aromatic carbocycles. The lowest BCUT2D eigenvalue weighted by Gasteiger charge is -1.93. The number of hydrogen-bond acceptors (Lipinski definition) is 6. The van der Waals surface area contributed by atoms with Crippen molar-refractivity contribution in [3.63, 3.8) is 0 Å². The molecule has 6 nitrogen and oxygen atoms in total. The predicted molar refractivity (Wildman–Crippen MR) is 65.5 cm³/mol. The van der Waals surface area contributed by atoms with Gasteiger partial charge in [-0.1, -0.05) is 11.2 Å². The van der Waals surface area contributed by atoms with Crippen LogP contribution < -0.4 is 0 Å². The lowest BCUT2D eigenvalue weighted by Crippen LogP contribution is -1.85. The fourth-order valence-corrected chi connectivity index (χ4v) is 1.56. The zero-order valence-electron chi connectivity index (χ0n) is 9.69. The van der Waals surface area contributed by atoms with Gasteiger partial charge in [-0.3, -0.25) is 9.97 Å². The first-order valence-corrected chi connectivity index (χ1v) is 5.47. The maximum Gasteiger partial charge on any atom is 0.259 e. The van der Waals surface area contributed by atoms with Gasteiger partial charge in [-0.05, 0) is 18.2 Å². The van der Waals surface area contributed by atoms with E-state index in [1.54, 1.807) is 24.5 Å². The van der Waals surface area contributed by atoms with Crippen LogP contribution in [-0.4, -0.2) is 20.1 Å². The first-order chi connectivity index (χ1) is 9.36. The second kappa shape index (κ2) is 4.66. The lowest BCUT2D eigenvalue weighted by molar-refractivity contribution is 0.432. The van der Waals surface area contributed by atoms with Crippen molar-refractivity contribution >= 4 is 0 Å². The Kier molecular flexibility index (Phi) is 2.71. The molecule has 90 valence electrons. The van der Waals surface area contributed by atoms with Gasteiger partial charge in [0.2, 0.25) is 5.82 Å². The van der Waals surface area contributed by atoms with Crippen LogP contribution in [0, 0.1) is 11.3 Å². The fourth-order valence-electron chi connectivity index (χ4n) is 1.56. The zero-order valence-corrected chi connectivity index (χ0v) is 9.69. The summed E-state index contributed by atoms with van der Waals surface area (Å²) in [6, 6.07) is 9.10. The molecule has 0 amide bonds. The molecule has 0 spiro atoms. The second-order valence-electron chi connectivity index (χ2n) is 3.71. The van der Waals surface area contributed by atoms with Gasteiger partial charge in [0.25, 0.3) is 5.89 Å². The molecule has 0 aliphatic rings. The van der Waals surface area contributed by atoms with E-state index < -0.39 is 0 Å². The van der Waals surface area contributed by atoms with Gasteiger partial charge in [0.05, 0.1) is 11.1 Å². The molecule has 3 rings (SSSR count). The standard InChI is InChI=1S/C13H7N5O/c14-6-9-5-10(8-15-7-9)13-17-12(18-19-13)11-3-1-2-4-16-11/h1-5,7-8H. The summed E-state index contributed by atoms with van der Waals surface area (Å²) >= 11 is 0. The van der Waals surface area contributed by atoms with Crippen LogP contribution >= 0.6 is 0 Å². The van der Waals surface area contributed by atoms with Crippen molar-refractivity contribution in [1.82, 2.24) is 20.1 Å². The van der Waals surface area contributed by atoms with E-state index in [2.05, 4.69) is 20.1 Å². The SMILES string of the molecule is N#Cc1cncc(-c2nc(-c3ccccn3)no2)c1. The van der Waals surface area contributed by atoms with E-state index in [4.69, 9.17) is 9.78 Å². The number of nitrogens with zero attached hydrogens (tertiary/aromatic N) is 5. The molecule has 19 heavy (non-hydrogen) atoms. The molecule has 3 heterocycles. The summed E-state index contributed by atoms with van der Waals surface area (Å²) in [4.78, 5) is 12.3. The molecule has 0 saturated carbocycles. The van der Waals surface area contributed by atoms with Crippen molar-refractivity contribution in [3.05, 3.63) is 48.4 Å². The maximum atomic E-state index is 8.83. The molecule has 0 N–H and O–H groups in total. The van der Waals surface area contributed by atoms with Crippen LogP contribution in [0.4, 0.5) is 0 Å². The van der Waals surface area contributed by atoms with E-state index >= 15 is 0 Å². The number of rotatable bonds is 2. The average molecular weight is 249 g/mol. The summed E-state index contributed by atoms with van der Waals surface area (Å²) in [5.74, 6) is 0.711. The third kappa shape index (κ3) is 2.17. The molecule has 0 atom stereocenters. The first kappa shape index (κ1) is 11.0. The molecule has 0 radical (unpaired) electrons. The van der Waals surface area contributed by atoms with E-state index in [9.17, 15) is 0 Å². The monoisotopic (exact) mass is 249 g/mol. The van der Waals surface area contributed by atoms with E-state index in [1.165, 1.54) is 6.20 Å². The largest absolute Gasteiger partial charge is 0.333 e. The average Bonchev–Trinajstić information content (AvgIpc) is 2.98. The van der Waals surface area contributed by atoms with E-state index in [-0.39, 0.29) is 0 Å². The Balaban J connectivity index is 2.00. The van der Waals surface area contributed by atoms with Gasteiger partial charge in [0.1, 0.15) is 11.8 Å². The summed E-state index contributed by atoms with van der Waals surface area (Å²) in [6.45, 7) is 0. The highest BCUT2D eigenvalue weighted by molar-refractivity contribution is 5.57. The van der Waals surface area contributed by atoms with Crippen molar-refractivity contribution in [3.8, 4) is 29.0 Å². The van der Waals surface area contributed by atoms with Crippen LogP contribution in [0.1, 0.15) is 5.56 Å². The molecule has 0 aliphatic carbocycles. The van der Waals surface area contributed by atoms with Gasteiger partial charge in [-0.25, -0.2) is 0 Å².